The number of aryl methyl sites for hydroxylation is 1. The van der Waals surface area contributed by atoms with E-state index in [0.29, 0.717) is 5.82 Å². The van der Waals surface area contributed by atoms with Crippen molar-refractivity contribution in [3.63, 3.8) is 0 Å². The van der Waals surface area contributed by atoms with Gasteiger partial charge in [0.15, 0.2) is 5.82 Å². The summed E-state index contributed by atoms with van der Waals surface area (Å²) in [4.78, 5) is 4.25. The molecule has 0 fully saturated rings. The van der Waals surface area contributed by atoms with Crippen molar-refractivity contribution < 1.29 is 4.52 Å². The lowest BCUT2D eigenvalue weighted by Crippen LogP contribution is -2.09. The Morgan fingerprint density at radius 1 is 1.18 bits per heavy atom. The van der Waals surface area contributed by atoms with Crippen LogP contribution >= 0.6 is 0 Å². The highest BCUT2D eigenvalue weighted by Gasteiger charge is 2.19. The number of pyridine rings is 1. The van der Waals surface area contributed by atoms with Gasteiger partial charge in [0.05, 0.1) is 0 Å². The van der Waals surface area contributed by atoms with Crippen LogP contribution in [0.3, 0.4) is 0 Å². The van der Waals surface area contributed by atoms with Gasteiger partial charge in [-0.05, 0) is 18.6 Å². The van der Waals surface area contributed by atoms with Crippen molar-refractivity contribution in [3.05, 3.63) is 35.7 Å². The van der Waals surface area contributed by atoms with Crippen molar-refractivity contribution in [1.29, 1.82) is 0 Å². The van der Waals surface area contributed by atoms with E-state index in [1.807, 2.05) is 31.3 Å². The fraction of sp³-hybridized carbons (Fsp3) is 0.385. The van der Waals surface area contributed by atoms with Crippen LogP contribution in [0.2, 0.25) is 0 Å². The molecule has 0 radical (unpaired) electrons. The number of hydrogen-bond donors (Lipinski definition) is 1. The molecule has 2 aromatic rings. The smallest absolute Gasteiger partial charge is 0.175 e. The molecule has 2 rings (SSSR count). The largest absolute Gasteiger partial charge is 0.359 e. The zero-order valence-electron chi connectivity index (χ0n) is 10.6. The summed E-state index contributed by atoms with van der Waals surface area (Å²) in [6, 6.07) is 5.82. The Bertz CT molecular complexity index is 494. The van der Waals surface area contributed by atoms with E-state index in [9.17, 15) is 0 Å². The summed E-state index contributed by atoms with van der Waals surface area (Å²) in [5, 5.41) is 7.08. The Morgan fingerprint density at radius 2 is 1.94 bits per heavy atom. The summed E-state index contributed by atoms with van der Waals surface area (Å²) in [6.45, 7) is 8.26. The Hall–Kier alpha value is -1.84. The van der Waals surface area contributed by atoms with Gasteiger partial charge in [0.2, 0.25) is 0 Å². The maximum absolute atomic E-state index is 5.28. The minimum atomic E-state index is -0.0341. The highest BCUT2D eigenvalue weighted by atomic mass is 16.5. The summed E-state index contributed by atoms with van der Waals surface area (Å²) < 4.78 is 5.28. The maximum Gasteiger partial charge on any atom is 0.175 e. The first kappa shape index (κ1) is 11.6. The van der Waals surface area contributed by atoms with Gasteiger partial charge in [0.25, 0.3) is 0 Å². The summed E-state index contributed by atoms with van der Waals surface area (Å²) in [6.07, 6.45) is 1.81. The van der Waals surface area contributed by atoms with Crippen LogP contribution in [-0.4, -0.2) is 10.1 Å². The number of nitrogens with one attached hydrogen (secondary N) is 1. The molecule has 90 valence electrons. The van der Waals surface area contributed by atoms with Crippen LogP contribution in [0.4, 0.5) is 11.6 Å². The first-order chi connectivity index (χ1) is 7.95. The number of rotatable bonds is 2. The standard InChI is InChI=1S/C13H17N3O/c1-9-5-6-11(14-8-9)15-12-7-10(17-16-12)13(2,3)4/h5-8H,1-4H3,(H,14,15,16). The van der Waals surface area contributed by atoms with E-state index in [0.717, 1.165) is 17.1 Å². The Labute approximate surface area is 101 Å². The molecule has 2 aromatic heterocycles. The average molecular weight is 231 g/mol. The zero-order chi connectivity index (χ0) is 12.5. The van der Waals surface area contributed by atoms with Gasteiger partial charge in [-0.2, -0.15) is 0 Å². The highest BCUT2D eigenvalue weighted by molar-refractivity contribution is 5.51. The monoisotopic (exact) mass is 231 g/mol. The van der Waals surface area contributed by atoms with Gasteiger partial charge in [-0.3, -0.25) is 0 Å². The third-order valence-corrected chi connectivity index (χ3v) is 2.42. The zero-order valence-corrected chi connectivity index (χ0v) is 10.6. The van der Waals surface area contributed by atoms with E-state index in [4.69, 9.17) is 4.52 Å². The lowest BCUT2D eigenvalue weighted by molar-refractivity contribution is 0.331. The van der Waals surface area contributed by atoms with Gasteiger partial charge in [0.1, 0.15) is 11.6 Å². The predicted octanol–water partition coefficient (Wildman–Crippen LogP) is 3.42. The molecular formula is C13H17N3O. The second-order valence-corrected chi connectivity index (χ2v) is 5.17. The lowest BCUT2D eigenvalue weighted by Gasteiger charge is -2.12. The molecule has 4 nitrogen and oxygen atoms in total. The molecule has 0 atom stereocenters. The molecule has 0 aromatic carbocycles. The van der Waals surface area contributed by atoms with Crippen molar-refractivity contribution in [2.24, 2.45) is 0 Å². The summed E-state index contributed by atoms with van der Waals surface area (Å²) >= 11 is 0. The van der Waals surface area contributed by atoms with Crippen LogP contribution in [0.5, 0.6) is 0 Å². The highest BCUT2D eigenvalue weighted by Crippen LogP contribution is 2.25. The predicted molar refractivity (Wildman–Crippen MR) is 67.5 cm³/mol. The first-order valence-corrected chi connectivity index (χ1v) is 5.62. The normalized spacial score (nSPS) is 11.5. The number of aromatic nitrogens is 2. The SMILES string of the molecule is Cc1ccc(Nc2cc(C(C)(C)C)on2)nc1. The number of hydrogen-bond acceptors (Lipinski definition) is 4. The van der Waals surface area contributed by atoms with Crippen molar-refractivity contribution in [1.82, 2.24) is 10.1 Å². The molecule has 0 aliphatic heterocycles. The fourth-order valence-electron chi connectivity index (χ4n) is 1.36. The van der Waals surface area contributed by atoms with Crippen LogP contribution in [0.15, 0.2) is 28.9 Å². The fourth-order valence-corrected chi connectivity index (χ4v) is 1.36. The van der Waals surface area contributed by atoms with Gasteiger partial charge in [-0.15, -0.1) is 0 Å². The van der Waals surface area contributed by atoms with E-state index in [-0.39, 0.29) is 5.41 Å². The molecule has 0 amide bonds. The molecule has 2 heterocycles. The van der Waals surface area contributed by atoms with E-state index >= 15 is 0 Å². The lowest BCUT2D eigenvalue weighted by atomic mass is 9.93. The first-order valence-electron chi connectivity index (χ1n) is 5.62. The minimum Gasteiger partial charge on any atom is -0.359 e. The summed E-state index contributed by atoms with van der Waals surface area (Å²) in [7, 11) is 0. The second-order valence-electron chi connectivity index (χ2n) is 5.17. The van der Waals surface area contributed by atoms with Gasteiger partial charge in [-0.1, -0.05) is 32.0 Å². The Balaban J connectivity index is 2.14. The van der Waals surface area contributed by atoms with Gasteiger partial charge >= 0.3 is 0 Å². The molecular weight excluding hydrogens is 214 g/mol. The van der Waals surface area contributed by atoms with Gasteiger partial charge in [-0.25, -0.2) is 4.98 Å². The molecule has 1 N–H and O–H groups in total. The van der Waals surface area contributed by atoms with E-state index in [1.165, 1.54) is 0 Å². The van der Waals surface area contributed by atoms with Crippen molar-refractivity contribution >= 4 is 11.6 Å². The molecule has 4 heteroatoms. The third-order valence-electron chi connectivity index (χ3n) is 2.42. The molecule has 0 aliphatic carbocycles. The number of anilines is 2. The quantitative estimate of drug-likeness (QED) is 0.860. The van der Waals surface area contributed by atoms with Crippen molar-refractivity contribution in [2.75, 3.05) is 5.32 Å². The van der Waals surface area contributed by atoms with Crippen molar-refractivity contribution in [2.45, 2.75) is 33.1 Å². The Morgan fingerprint density at radius 3 is 2.47 bits per heavy atom. The van der Waals surface area contributed by atoms with Gasteiger partial charge < -0.3 is 9.84 Å². The van der Waals surface area contributed by atoms with Crippen LogP contribution in [0.1, 0.15) is 32.1 Å². The molecule has 0 spiro atoms. The van der Waals surface area contributed by atoms with E-state index in [1.54, 1.807) is 0 Å². The molecule has 0 aliphatic rings. The van der Waals surface area contributed by atoms with Gasteiger partial charge in [0, 0.05) is 17.7 Å². The molecule has 0 bridgehead atoms. The van der Waals surface area contributed by atoms with Crippen LogP contribution in [0.25, 0.3) is 0 Å². The summed E-state index contributed by atoms with van der Waals surface area (Å²) in [5.41, 5.74) is 1.10. The number of nitrogens with zero attached hydrogens (tertiary/aromatic N) is 2. The molecule has 0 saturated carbocycles. The van der Waals surface area contributed by atoms with Crippen LogP contribution < -0.4 is 5.32 Å². The third kappa shape index (κ3) is 2.84. The average Bonchev–Trinajstić information content (AvgIpc) is 2.69. The second kappa shape index (κ2) is 4.20. The molecule has 0 saturated heterocycles. The molecule has 17 heavy (non-hydrogen) atoms. The maximum atomic E-state index is 5.28. The van der Waals surface area contributed by atoms with Crippen molar-refractivity contribution in [3.8, 4) is 0 Å². The van der Waals surface area contributed by atoms with E-state index < -0.39 is 0 Å². The summed E-state index contributed by atoms with van der Waals surface area (Å²) in [5.74, 6) is 2.31. The molecule has 0 unspecified atom stereocenters. The topological polar surface area (TPSA) is 51.0 Å². The van der Waals surface area contributed by atoms with Crippen LogP contribution in [-0.2, 0) is 5.41 Å². The Kier molecular flexibility index (Phi) is 2.88. The van der Waals surface area contributed by atoms with E-state index in [2.05, 4.69) is 36.2 Å². The van der Waals surface area contributed by atoms with Crippen LogP contribution in [0, 0.1) is 6.92 Å². The minimum absolute atomic E-state index is 0.0341.